The molecule has 5 aromatic rings. The van der Waals surface area contributed by atoms with Crippen LogP contribution in [0.5, 0.6) is 11.5 Å². The Morgan fingerprint density at radius 2 is 1.88 bits per heavy atom. The molecule has 1 aromatic carbocycles. The van der Waals surface area contributed by atoms with E-state index in [-0.39, 0.29) is 5.56 Å². The van der Waals surface area contributed by atoms with Gasteiger partial charge in [-0.2, -0.15) is 15.3 Å². The minimum atomic E-state index is -0.610. The predicted octanol–water partition coefficient (Wildman–Crippen LogP) is 4.22. The number of nitrogens with zero attached hydrogens (tertiary/aromatic N) is 7. The van der Waals surface area contributed by atoms with E-state index >= 15 is 4.39 Å². The van der Waals surface area contributed by atoms with Gasteiger partial charge in [0.15, 0.2) is 11.4 Å². The first kappa shape index (κ1) is 25.4. The average Bonchev–Trinajstić information content (AvgIpc) is 3.56. The Morgan fingerprint density at radius 3 is 2.63 bits per heavy atom. The largest absolute Gasteiger partial charge is 0.452 e. The van der Waals surface area contributed by atoms with Gasteiger partial charge in [-0.1, -0.05) is 0 Å². The lowest BCUT2D eigenvalue weighted by Gasteiger charge is -2.34. The SMILES string of the molecule is Cc1cn2cc(NC(=O)c3c(F)cc(N4CCC(NC5CC5)CC4)c4cn(C)nc34)cc(Oc3ccnnc3)c2n1. The van der Waals surface area contributed by atoms with Gasteiger partial charge in [0.2, 0.25) is 0 Å². The van der Waals surface area contributed by atoms with Crippen molar-refractivity contribution in [3.8, 4) is 11.5 Å². The molecule has 12 heteroatoms. The number of rotatable bonds is 7. The van der Waals surface area contributed by atoms with Crippen LogP contribution in [0.1, 0.15) is 41.7 Å². The number of aromatic nitrogens is 6. The van der Waals surface area contributed by atoms with Gasteiger partial charge in [-0.05, 0) is 38.7 Å². The number of amides is 1. The molecule has 0 radical (unpaired) electrons. The Balaban J connectivity index is 1.19. The summed E-state index contributed by atoms with van der Waals surface area (Å²) in [5.74, 6) is -0.337. The third-order valence-corrected chi connectivity index (χ3v) is 7.64. The topological polar surface area (TPSA) is 114 Å². The van der Waals surface area contributed by atoms with Crippen molar-refractivity contribution in [3.63, 3.8) is 0 Å². The van der Waals surface area contributed by atoms with Gasteiger partial charge in [-0.15, -0.1) is 0 Å². The van der Waals surface area contributed by atoms with Gasteiger partial charge in [0.1, 0.15) is 22.6 Å². The van der Waals surface area contributed by atoms with E-state index in [1.807, 2.05) is 19.3 Å². The van der Waals surface area contributed by atoms with Crippen LogP contribution in [-0.2, 0) is 7.05 Å². The first-order valence-electron chi connectivity index (χ1n) is 13.8. The highest BCUT2D eigenvalue weighted by Gasteiger charge is 2.29. The summed E-state index contributed by atoms with van der Waals surface area (Å²) in [4.78, 5) is 20.3. The Hall–Kier alpha value is -4.58. The highest BCUT2D eigenvalue weighted by atomic mass is 19.1. The normalized spacial score (nSPS) is 16.0. The number of pyridine rings is 1. The molecule has 11 nitrogen and oxygen atoms in total. The van der Waals surface area contributed by atoms with Crippen LogP contribution in [0.2, 0.25) is 0 Å². The first-order chi connectivity index (χ1) is 19.9. The second kappa shape index (κ2) is 10.1. The highest BCUT2D eigenvalue weighted by Crippen LogP contribution is 2.34. The number of fused-ring (bicyclic) bond motifs is 2. The summed E-state index contributed by atoms with van der Waals surface area (Å²) in [5, 5.41) is 19.4. The van der Waals surface area contributed by atoms with Gasteiger partial charge in [0.05, 0.1) is 29.5 Å². The van der Waals surface area contributed by atoms with Crippen molar-refractivity contribution in [2.75, 3.05) is 23.3 Å². The summed E-state index contributed by atoms with van der Waals surface area (Å²) in [5.41, 5.74) is 2.75. The van der Waals surface area contributed by atoms with Crippen LogP contribution in [-0.4, -0.2) is 60.4 Å². The Morgan fingerprint density at radius 1 is 1.07 bits per heavy atom. The van der Waals surface area contributed by atoms with Crippen molar-refractivity contribution in [1.82, 2.24) is 34.7 Å². The molecule has 1 amide bonds. The number of nitrogens with one attached hydrogen (secondary N) is 2. The first-order valence-corrected chi connectivity index (χ1v) is 13.8. The van der Waals surface area contributed by atoms with E-state index in [4.69, 9.17) is 4.74 Å². The van der Waals surface area contributed by atoms with E-state index in [1.54, 1.807) is 34.5 Å². The predicted molar refractivity (Wildman–Crippen MR) is 152 cm³/mol. The molecular weight excluding hydrogens is 525 g/mol. The number of hydrogen-bond donors (Lipinski definition) is 2. The standard InChI is InChI=1S/C29H30FN9O2/c1-17-14-39-15-20(11-25(28(39)33-17)41-21-5-8-31-32-13-21)35-29(40)26-23(30)12-24(22-16-37(2)36-27(22)26)38-9-6-19(7-10-38)34-18-3-4-18/h5,8,11-16,18-19,34H,3-4,6-7,9-10H2,1-2H3,(H,35,40). The molecule has 0 unspecified atom stereocenters. The molecule has 5 heterocycles. The maximum Gasteiger partial charge on any atom is 0.260 e. The lowest BCUT2D eigenvalue weighted by atomic mass is 10.0. The van der Waals surface area contributed by atoms with Gasteiger partial charge in [0, 0.05) is 68.3 Å². The number of benzene rings is 1. The maximum atomic E-state index is 15.8. The van der Waals surface area contributed by atoms with E-state index in [2.05, 4.69) is 35.8 Å². The van der Waals surface area contributed by atoms with Crippen LogP contribution in [0.3, 0.4) is 0 Å². The van der Waals surface area contributed by atoms with Gasteiger partial charge in [-0.3, -0.25) is 9.48 Å². The molecule has 0 spiro atoms. The Bertz CT molecular complexity index is 1760. The van der Waals surface area contributed by atoms with E-state index in [1.165, 1.54) is 31.3 Å². The van der Waals surface area contributed by atoms with Gasteiger partial charge >= 0.3 is 0 Å². The van der Waals surface area contributed by atoms with Crippen LogP contribution < -0.4 is 20.3 Å². The van der Waals surface area contributed by atoms with E-state index in [0.717, 1.165) is 42.7 Å². The number of aryl methyl sites for hydroxylation is 2. The summed E-state index contributed by atoms with van der Waals surface area (Å²) in [6.07, 6.45) is 12.9. The fourth-order valence-corrected chi connectivity index (χ4v) is 5.58. The molecule has 1 aliphatic carbocycles. The minimum Gasteiger partial charge on any atom is -0.452 e. The van der Waals surface area contributed by atoms with Crippen LogP contribution in [0.15, 0.2) is 49.2 Å². The Labute approximate surface area is 235 Å². The summed E-state index contributed by atoms with van der Waals surface area (Å²) in [6.45, 7) is 3.50. The molecule has 210 valence electrons. The molecule has 1 saturated carbocycles. The summed E-state index contributed by atoms with van der Waals surface area (Å²) < 4.78 is 25.2. The lowest BCUT2D eigenvalue weighted by molar-refractivity contribution is 0.102. The molecule has 2 fully saturated rings. The number of anilines is 2. The van der Waals surface area contributed by atoms with Crippen LogP contribution in [0, 0.1) is 12.7 Å². The number of carbonyl (C=O) groups is 1. The zero-order chi connectivity index (χ0) is 28.1. The zero-order valence-electron chi connectivity index (χ0n) is 22.8. The number of halogens is 1. The fraction of sp³-hybridized carbons (Fsp3) is 0.345. The maximum absolute atomic E-state index is 15.8. The number of carbonyl (C=O) groups excluding carboxylic acids is 1. The third-order valence-electron chi connectivity index (χ3n) is 7.64. The zero-order valence-corrected chi connectivity index (χ0v) is 22.8. The molecule has 2 aliphatic rings. The fourth-order valence-electron chi connectivity index (χ4n) is 5.58. The number of ether oxygens (including phenoxy) is 1. The van der Waals surface area contributed by atoms with Crippen molar-refractivity contribution < 1.29 is 13.9 Å². The monoisotopic (exact) mass is 555 g/mol. The van der Waals surface area contributed by atoms with E-state index in [9.17, 15) is 4.79 Å². The van der Waals surface area contributed by atoms with Crippen LogP contribution >= 0.6 is 0 Å². The quantitative estimate of drug-likeness (QED) is 0.307. The molecule has 1 aliphatic heterocycles. The molecule has 2 N–H and O–H groups in total. The van der Waals surface area contributed by atoms with Crippen molar-refractivity contribution in [2.45, 2.75) is 44.7 Å². The van der Waals surface area contributed by atoms with Gasteiger partial charge in [-0.25, -0.2) is 9.37 Å². The molecule has 1 saturated heterocycles. The Kier molecular flexibility index (Phi) is 6.26. The number of imidazole rings is 1. The van der Waals surface area contributed by atoms with Crippen molar-refractivity contribution >= 4 is 33.8 Å². The number of hydrogen-bond acceptors (Lipinski definition) is 8. The molecule has 4 aromatic heterocycles. The van der Waals surface area contributed by atoms with E-state index in [0.29, 0.717) is 40.4 Å². The minimum absolute atomic E-state index is 0.0997. The highest BCUT2D eigenvalue weighted by molar-refractivity contribution is 6.14. The third kappa shape index (κ3) is 5.06. The van der Waals surface area contributed by atoms with Crippen molar-refractivity contribution in [3.05, 3.63) is 66.3 Å². The van der Waals surface area contributed by atoms with Crippen molar-refractivity contribution in [1.29, 1.82) is 0 Å². The average molecular weight is 556 g/mol. The molecule has 0 atom stereocenters. The van der Waals surface area contributed by atoms with Gasteiger partial charge in [0.25, 0.3) is 5.91 Å². The second-order valence-electron chi connectivity index (χ2n) is 10.9. The molecule has 0 bridgehead atoms. The van der Waals surface area contributed by atoms with E-state index < -0.39 is 11.7 Å². The lowest BCUT2D eigenvalue weighted by Crippen LogP contribution is -2.43. The molecular formula is C29H30FN9O2. The molecule has 7 rings (SSSR count). The summed E-state index contributed by atoms with van der Waals surface area (Å²) >= 11 is 0. The van der Waals surface area contributed by atoms with Crippen LogP contribution in [0.25, 0.3) is 16.6 Å². The number of piperidine rings is 1. The molecule has 41 heavy (non-hydrogen) atoms. The van der Waals surface area contributed by atoms with Gasteiger partial charge < -0.3 is 24.7 Å². The second-order valence-corrected chi connectivity index (χ2v) is 10.9. The van der Waals surface area contributed by atoms with Crippen LogP contribution in [0.4, 0.5) is 15.8 Å². The summed E-state index contributed by atoms with van der Waals surface area (Å²) in [6, 6.07) is 5.97. The summed E-state index contributed by atoms with van der Waals surface area (Å²) in [7, 11) is 1.78. The smallest absolute Gasteiger partial charge is 0.260 e. The van der Waals surface area contributed by atoms with Crippen molar-refractivity contribution in [2.24, 2.45) is 7.05 Å².